The van der Waals surface area contributed by atoms with Crippen LogP contribution in [0.5, 0.6) is 0 Å². The third-order valence-corrected chi connectivity index (χ3v) is 6.62. The molecule has 0 aromatic heterocycles. The molecule has 0 atom stereocenters. The van der Waals surface area contributed by atoms with Gasteiger partial charge in [0.2, 0.25) is 0 Å². The van der Waals surface area contributed by atoms with E-state index in [0.29, 0.717) is 14.9 Å². The highest BCUT2D eigenvalue weighted by Crippen LogP contribution is 2.37. The van der Waals surface area contributed by atoms with Crippen LogP contribution in [0.4, 0.5) is 0 Å². The molecule has 0 bridgehead atoms. The van der Waals surface area contributed by atoms with E-state index in [1.165, 1.54) is 31.0 Å². The number of carbonyl (C=O) groups is 2. The number of amides is 1. The number of rotatable bonds is 6. The Labute approximate surface area is 173 Å². The summed E-state index contributed by atoms with van der Waals surface area (Å²) in [6, 6.07) is 3.49. The van der Waals surface area contributed by atoms with Crippen LogP contribution in [-0.2, 0) is 14.3 Å². The lowest BCUT2D eigenvalue weighted by Crippen LogP contribution is -2.38. The highest BCUT2D eigenvalue weighted by atomic mass is 35.5. The van der Waals surface area contributed by atoms with Crippen LogP contribution in [0.2, 0.25) is 15.1 Å². The van der Waals surface area contributed by atoms with Crippen molar-refractivity contribution in [1.82, 2.24) is 5.32 Å². The summed E-state index contributed by atoms with van der Waals surface area (Å²) in [6.07, 6.45) is 7.96. The minimum Gasteiger partial charge on any atom is -0.455 e. The molecule has 4 nitrogen and oxygen atoms in total. The molecule has 0 spiro atoms. The van der Waals surface area contributed by atoms with Crippen molar-refractivity contribution in [2.45, 2.75) is 55.9 Å². The maximum Gasteiger partial charge on any atom is 0.316 e. The van der Waals surface area contributed by atoms with Gasteiger partial charge in [0, 0.05) is 10.9 Å². The molecule has 8 heteroatoms. The standard InChI is InChI=1S/C18H22Cl3NO3S/c19-13-8-9-14(18(21)17(13)20)26-11-16(24)25-10-15(23)22-12-6-4-2-1-3-5-7-12/h8-9,12H,1-7,10-11H2,(H,22,23). The van der Waals surface area contributed by atoms with E-state index < -0.39 is 5.97 Å². The zero-order valence-electron chi connectivity index (χ0n) is 14.4. The molecule has 2 rings (SSSR count). The molecule has 0 heterocycles. The Morgan fingerprint density at radius 3 is 2.38 bits per heavy atom. The highest BCUT2D eigenvalue weighted by molar-refractivity contribution is 8.00. The van der Waals surface area contributed by atoms with Gasteiger partial charge in [-0.2, -0.15) is 0 Å². The van der Waals surface area contributed by atoms with Gasteiger partial charge in [0.25, 0.3) is 5.91 Å². The Balaban J connectivity index is 1.71. The molecule has 26 heavy (non-hydrogen) atoms. The van der Waals surface area contributed by atoms with Gasteiger partial charge in [-0.25, -0.2) is 0 Å². The molecule has 1 amide bonds. The van der Waals surface area contributed by atoms with Crippen LogP contribution in [0, 0.1) is 0 Å². The number of ether oxygens (including phenoxy) is 1. The fraction of sp³-hybridized carbons (Fsp3) is 0.556. The van der Waals surface area contributed by atoms with E-state index in [-0.39, 0.29) is 29.3 Å². The largest absolute Gasteiger partial charge is 0.455 e. The quantitative estimate of drug-likeness (QED) is 0.361. The van der Waals surface area contributed by atoms with Gasteiger partial charge in [-0.3, -0.25) is 9.59 Å². The lowest BCUT2D eigenvalue weighted by Gasteiger charge is -2.20. The zero-order chi connectivity index (χ0) is 18.9. The van der Waals surface area contributed by atoms with E-state index in [2.05, 4.69) is 5.32 Å². The van der Waals surface area contributed by atoms with Gasteiger partial charge in [0.1, 0.15) is 0 Å². The third-order valence-electron chi connectivity index (χ3n) is 4.18. The number of nitrogens with one attached hydrogen (secondary N) is 1. The summed E-state index contributed by atoms with van der Waals surface area (Å²) in [6.45, 7) is -0.259. The first kappa shape index (κ1) is 21.7. The number of hydrogen-bond acceptors (Lipinski definition) is 4. The summed E-state index contributed by atoms with van der Waals surface area (Å²) in [5, 5.41) is 3.88. The van der Waals surface area contributed by atoms with E-state index in [0.717, 1.165) is 25.7 Å². The lowest BCUT2D eigenvalue weighted by molar-refractivity contribution is -0.146. The predicted molar refractivity (Wildman–Crippen MR) is 107 cm³/mol. The molecular formula is C18H22Cl3NO3S. The van der Waals surface area contributed by atoms with Gasteiger partial charge in [-0.1, -0.05) is 66.9 Å². The summed E-state index contributed by atoms with van der Waals surface area (Å²) in [7, 11) is 0. The normalized spacial score (nSPS) is 15.8. The predicted octanol–water partition coefficient (Wildman–Crippen LogP) is 5.51. The third kappa shape index (κ3) is 7.18. The number of hydrogen-bond donors (Lipinski definition) is 1. The van der Waals surface area contributed by atoms with E-state index in [1.807, 2.05) is 0 Å². The van der Waals surface area contributed by atoms with Crippen molar-refractivity contribution in [3.8, 4) is 0 Å². The Morgan fingerprint density at radius 1 is 1.04 bits per heavy atom. The van der Waals surface area contributed by atoms with Gasteiger partial charge < -0.3 is 10.1 Å². The number of thioether (sulfide) groups is 1. The minimum absolute atomic E-state index is 0.0361. The molecule has 0 radical (unpaired) electrons. The minimum atomic E-state index is -0.482. The maximum absolute atomic E-state index is 12.0. The molecular weight excluding hydrogens is 417 g/mol. The second kappa shape index (κ2) is 11.3. The Hall–Kier alpha value is -0.620. The first-order valence-corrected chi connectivity index (χ1v) is 10.8. The van der Waals surface area contributed by atoms with Crippen LogP contribution in [0.3, 0.4) is 0 Å². The number of carbonyl (C=O) groups excluding carboxylic acids is 2. The molecule has 0 aliphatic heterocycles. The zero-order valence-corrected chi connectivity index (χ0v) is 17.4. The topological polar surface area (TPSA) is 55.4 Å². The molecule has 1 saturated carbocycles. The average Bonchev–Trinajstić information content (AvgIpc) is 2.59. The van der Waals surface area contributed by atoms with E-state index in [1.54, 1.807) is 12.1 Å². The summed E-state index contributed by atoms with van der Waals surface area (Å²) in [5.41, 5.74) is 0. The fourth-order valence-corrected chi connectivity index (χ4v) is 4.32. The van der Waals surface area contributed by atoms with E-state index in [9.17, 15) is 9.59 Å². The molecule has 1 aromatic rings. The van der Waals surface area contributed by atoms with Gasteiger partial charge in [-0.15, -0.1) is 11.8 Å². The summed E-state index contributed by atoms with van der Waals surface area (Å²) < 4.78 is 5.04. The van der Waals surface area contributed by atoms with Crippen LogP contribution in [0.15, 0.2) is 17.0 Å². The Bertz CT molecular complexity index is 634. The molecule has 0 saturated heterocycles. The monoisotopic (exact) mass is 437 g/mol. The molecule has 144 valence electrons. The summed E-state index contributed by atoms with van der Waals surface area (Å²) >= 11 is 19.1. The van der Waals surface area contributed by atoms with Crippen molar-refractivity contribution >= 4 is 58.4 Å². The van der Waals surface area contributed by atoms with E-state index >= 15 is 0 Å². The SMILES string of the molecule is O=C(COC(=O)CSc1ccc(Cl)c(Cl)c1Cl)NC1CCCCCCC1. The van der Waals surface area contributed by atoms with Crippen molar-refractivity contribution in [2.75, 3.05) is 12.4 Å². The second-order valence-corrected chi connectivity index (χ2v) is 8.41. The van der Waals surface area contributed by atoms with Crippen LogP contribution in [0.1, 0.15) is 44.9 Å². The van der Waals surface area contributed by atoms with Crippen LogP contribution < -0.4 is 5.32 Å². The number of benzene rings is 1. The summed E-state index contributed by atoms with van der Waals surface area (Å²) in [5.74, 6) is -0.694. The van der Waals surface area contributed by atoms with Gasteiger partial charge in [0.15, 0.2) is 6.61 Å². The molecule has 1 aliphatic rings. The summed E-state index contributed by atoms with van der Waals surface area (Å²) in [4.78, 5) is 24.5. The van der Waals surface area contributed by atoms with Crippen molar-refractivity contribution < 1.29 is 14.3 Å². The Morgan fingerprint density at radius 2 is 1.69 bits per heavy atom. The molecule has 0 unspecified atom stereocenters. The van der Waals surface area contributed by atoms with Crippen molar-refractivity contribution in [3.05, 3.63) is 27.2 Å². The first-order chi connectivity index (χ1) is 12.5. The highest BCUT2D eigenvalue weighted by Gasteiger charge is 2.16. The smallest absolute Gasteiger partial charge is 0.316 e. The van der Waals surface area contributed by atoms with Crippen LogP contribution >= 0.6 is 46.6 Å². The molecule has 1 N–H and O–H groups in total. The number of halogens is 3. The second-order valence-electron chi connectivity index (χ2n) is 6.23. The van der Waals surface area contributed by atoms with Crippen LogP contribution in [0.25, 0.3) is 0 Å². The van der Waals surface area contributed by atoms with E-state index in [4.69, 9.17) is 39.5 Å². The van der Waals surface area contributed by atoms with Crippen molar-refractivity contribution in [3.63, 3.8) is 0 Å². The maximum atomic E-state index is 12.0. The molecule has 1 fully saturated rings. The lowest BCUT2D eigenvalue weighted by atomic mass is 9.97. The van der Waals surface area contributed by atoms with Gasteiger partial charge in [-0.05, 0) is 25.0 Å². The fourth-order valence-electron chi connectivity index (χ4n) is 2.81. The Kier molecular flexibility index (Phi) is 9.40. The first-order valence-electron chi connectivity index (χ1n) is 8.68. The van der Waals surface area contributed by atoms with Gasteiger partial charge >= 0.3 is 5.97 Å². The molecule has 1 aromatic carbocycles. The van der Waals surface area contributed by atoms with Gasteiger partial charge in [0.05, 0.1) is 20.8 Å². The van der Waals surface area contributed by atoms with Crippen molar-refractivity contribution in [2.24, 2.45) is 0 Å². The molecule has 1 aliphatic carbocycles. The average molecular weight is 439 g/mol. The van der Waals surface area contributed by atoms with Crippen LogP contribution in [-0.4, -0.2) is 30.3 Å². The van der Waals surface area contributed by atoms with Crippen molar-refractivity contribution in [1.29, 1.82) is 0 Å². The number of esters is 1.